The van der Waals surface area contributed by atoms with E-state index in [1.807, 2.05) is 48.8 Å². The van der Waals surface area contributed by atoms with Gasteiger partial charge in [-0.15, -0.1) is 0 Å². The molecule has 3 rings (SSSR count). The summed E-state index contributed by atoms with van der Waals surface area (Å²) >= 11 is 0. The van der Waals surface area contributed by atoms with E-state index in [2.05, 4.69) is 21.5 Å². The average Bonchev–Trinajstić information content (AvgIpc) is 2.63. The van der Waals surface area contributed by atoms with Crippen LogP contribution in [-0.4, -0.2) is 26.0 Å². The molecule has 120 valence electrons. The van der Waals surface area contributed by atoms with Gasteiger partial charge in [-0.3, -0.25) is 15.0 Å². The van der Waals surface area contributed by atoms with Crippen molar-refractivity contribution in [1.82, 2.24) is 15.0 Å². The predicted molar refractivity (Wildman–Crippen MR) is 93.1 cm³/mol. The Balaban J connectivity index is 0.000000301. The van der Waals surface area contributed by atoms with E-state index in [9.17, 15) is 4.79 Å². The molecule has 5 heteroatoms. The highest BCUT2D eigenvalue weighted by Crippen LogP contribution is 2.28. The van der Waals surface area contributed by atoms with E-state index in [1.165, 1.54) is 6.92 Å². The molecule has 0 aliphatic carbocycles. The molecular weight excluding hydrogens is 302 g/mol. The van der Waals surface area contributed by atoms with E-state index in [0.717, 1.165) is 22.4 Å². The Kier molecular flexibility index (Phi) is 5.91. The number of nitrogens with zero attached hydrogens (tertiary/aromatic N) is 3. The zero-order chi connectivity index (χ0) is 17.4. The van der Waals surface area contributed by atoms with E-state index >= 15 is 0 Å². The second-order valence-corrected chi connectivity index (χ2v) is 4.97. The summed E-state index contributed by atoms with van der Waals surface area (Å²) in [6.45, 7) is 4.60. The van der Waals surface area contributed by atoms with E-state index in [1.54, 1.807) is 18.6 Å². The maximum Gasteiger partial charge on any atom is 0.330 e. The molecular formula is C19H17N3O2. The van der Waals surface area contributed by atoms with Crippen LogP contribution in [0.2, 0.25) is 0 Å². The molecule has 0 unspecified atom stereocenters. The first-order valence-electron chi connectivity index (χ1n) is 7.24. The Bertz CT molecular complexity index is 748. The van der Waals surface area contributed by atoms with Gasteiger partial charge in [0.2, 0.25) is 0 Å². The summed E-state index contributed by atoms with van der Waals surface area (Å²) in [5, 5.41) is 7.89. The third-order valence-electron chi connectivity index (χ3n) is 3.08. The normalized spacial score (nSPS) is 9.54. The lowest BCUT2D eigenvalue weighted by molar-refractivity contribution is -0.132. The van der Waals surface area contributed by atoms with E-state index < -0.39 is 5.97 Å². The molecule has 0 saturated heterocycles. The third kappa shape index (κ3) is 4.58. The quantitative estimate of drug-likeness (QED) is 0.742. The molecule has 0 saturated carbocycles. The number of hydrogen-bond acceptors (Lipinski definition) is 4. The Morgan fingerprint density at radius 1 is 0.958 bits per heavy atom. The zero-order valence-electron chi connectivity index (χ0n) is 13.3. The number of aromatic nitrogens is 3. The minimum absolute atomic E-state index is 0.176. The van der Waals surface area contributed by atoms with Crippen molar-refractivity contribution in [1.29, 1.82) is 0 Å². The topological polar surface area (TPSA) is 76.0 Å². The van der Waals surface area contributed by atoms with Crippen LogP contribution in [0.4, 0.5) is 0 Å². The number of hydrogen-bond donors (Lipinski definition) is 1. The highest BCUT2D eigenvalue weighted by molar-refractivity contribution is 5.84. The Labute approximate surface area is 140 Å². The number of carboxylic acids is 1. The smallest absolute Gasteiger partial charge is 0.330 e. The lowest BCUT2D eigenvalue weighted by atomic mass is 10.0. The van der Waals surface area contributed by atoms with Gasteiger partial charge < -0.3 is 5.11 Å². The molecule has 0 aliphatic heterocycles. The molecule has 3 aromatic heterocycles. The Morgan fingerprint density at radius 3 is 2.00 bits per heavy atom. The molecule has 0 aromatic carbocycles. The maximum absolute atomic E-state index is 9.60. The van der Waals surface area contributed by atoms with Crippen LogP contribution in [0.3, 0.4) is 0 Å². The van der Waals surface area contributed by atoms with Crippen molar-refractivity contribution in [3.05, 3.63) is 79.5 Å². The predicted octanol–water partition coefficient (Wildman–Crippen LogP) is 3.85. The van der Waals surface area contributed by atoms with Crippen LogP contribution in [0.1, 0.15) is 6.92 Å². The van der Waals surface area contributed by atoms with Gasteiger partial charge in [-0.05, 0) is 31.2 Å². The van der Waals surface area contributed by atoms with Crippen molar-refractivity contribution in [2.45, 2.75) is 6.92 Å². The number of carboxylic acid groups (broad SMARTS) is 1. The van der Waals surface area contributed by atoms with Gasteiger partial charge in [0, 0.05) is 53.2 Å². The summed E-state index contributed by atoms with van der Waals surface area (Å²) in [4.78, 5) is 22.3. The number of aliphatic carboxylic acids is 1. The van der Waals surface area contributed by atoms with Crippen LogP contribution in [0.5, 0.6) is 0 Å². The van der Waals surface area contributed by atoms with Gasteiger partial charge in [-0.1, -0.05) is 18.7 Å². The summed E-state index contributed by atoms with van der Waals surface area (Å²) in [6, 6.07) is 11.9. The summed E-state index contributed by atoms with van der Waals surface area (Å²) < 4.78 is 0. The van der Waals surface area contributed by atoms with Crippen LogP contribution in [-0.2, 0) is 4.79 Å². The number of pyridine rings is 3. The summed E-state index contributed by atoms with van der Waals surface area (Å²) in [5.41, 5.74) is 4.24. The van der Waals surface area contributed by atoms with Crippen molar-refractivity contribution in [2.24, 2.45) is 0 Å². The lowest BCUT2D eigenvalue weighted by Gasteiger charge is -2.07. The summed E-state index contributed by atoms with van der Waals surface area (Å²) in [5.74, 6) is -0.935. The second-order valence-electron chi connectivity index (χ2n) is 4.97. The molecule has 0 atom stereocenters. The van der Waals surface area contributed by atoms with Crippen LogP contribution >= 0.6 is 0 Å². The summed E-state index contributed by atoms with van der Waals surface area (Å²) in [6.07, 6.45) is 8.99. The van der Waals surface area contributed by atoms with Crippen molar-refractivity contribution < 1.29 is 9.90 Å². The van der Waals surface area contributed by atoms with Gasteiger partial charge in [0.15, 0.2) is 0 Å². The van der Waals surface area contributed by atoms with Crippen LogP contribution in [0, 0.1) is 0 Å². The molecule has 3 aromatic rings. The van der Waals surface area contributed by atoms with E-state index in [0.29, 0.717) is 0 Å². The highest BCUT2D eigenvalue weighted by atomic mass is 16.4. The first-order chi connectivity index (χ1) is 11.6. The standard InChI is InChI=1S/C15H11N3.C4H6O2/c1-4-12(10-16-7-1)14-6-3-9-18-15(14)13-5-2-8-17-11-13;1-3(2)4(5)6/h1-11H;1H2,2H3,(H,5,6). The molecule has 0 aliphatic rings. The van der Waals surface area contributed by atoms with Crippen molar-refractivity contribution in [3.8, 4) is 22.4 Å². The van der Waals surface area contributed by atoms with Gasteiger partial charge in [-0.2, -0.15) is 0 Å². The fourth-order valence-corrected chi connectivity index (χ4v) is 1.89. The molecule has 0 bridgehead atoms. The average molecular weight is 319 g/mol. The van der Waals surface area contributed by atoms with Crippen LogP contribution in [0.15, 0.2) is 79.5 Å². The van der Waals surface area contributed by atoms with Gasteiger partial charge >= 0.3 is 5.97 Å². The molecule has 1 N–H and O–H groups in total. The fraction of sp³-hybridized carbons (Fsp3) is 0.0526. The third-order valence-corrected chi connectivity index (χ3v) is 3.08. The first-order valence-corrected chi connectivity index (χ1v) is 7.24. The molecule has 0 fully saturated rings. The van der Waals surface area contributed by atoms with Gasteiger partial charge in [0.05, 0.1) is 5.69 Å². The SMILES string of the molecule is C=C(C)C(=O)O.c1cncc(-c2cccnc2-c2cccnc2)c1. The molecule has 24 heavy (non-hydrogen) atoms. The Hall–Kier alpha value is -3.34. The molecule has 0 radical (unpaired) electrons. The first kappa shape index (κ1) is 17.0. The van der Waals surface area contributed by atoms with Gasteiger partial charge in [0.25, 0.3) is 0 Å². The molecule has 0 spiro atoms. The van der Waals surface area contributed by atoms with Crippen molar-refractivity contribution in [2.75, 3.05) is 0 Å². The Morgan fingerprint density at radius 2 is 1.50 bits per heavy atom. The molecule has 5 nitrogen and oxygen atoms in total. The van der Waals surface area contributed by atoms with E-state index in [4.69, 9.17) is 5.11 Å². The van der Waals surface area contributed by atoms with Gasteiger partial charge in [-0.25, -0.2) is 4.79 Å². The molecule has 3 heterocycles. The zero-order valence-corrected chi connectivity index (χ0v) is 13.3. The number of rotatable bonds is 3. The number of carbonyl (C=O) groups is 1. The van der Waals surface area contributed by atoms with Crippen LogP contribution in [0.25, 0.3) is 22.4 Å². The monoisotopic (exact) mass is 319 g/mol. The highest BCUT2D eigenvalue weighted by Gasteiger charge is 2.07. The molecule has 0 amide bonds. The minimum atomic E-state index is -0.935. The van der Waals surface area contributed by atoms with E-state index in [-0.39, 0.29) is 5.57 Å². The van der Waals surface area contributed by atoms with Crippen LogP contribution < -0.4 is 0 Å². The largest absolute Gasteiger partial charge is 0.478 e. The maximum atomic E-state index is 9.60. The van der Waals surface area contributed by atoms with Crippen molar-refractivity contribution in [3.63, 3.8) is 0 Å². The minimum Gasteiger partial charge on any atom is -0.478 e. The van der Waals surface area contributed by atoms with Gasteiger partial charge in [0.1, 0.15) is 0 Å². The lowest BCUT2D eigenvalue weighted by Crippen LogP contribution is -1.92. The summed E-state index contributed by atoms with van der Waals surface area (Å²) in [7, 11) is 0. The fourth-order valence-electron chi connectivity index (χ4n) is 1.89. The second kappa shape index (κ2) is 8.33. The van der Waals surface area contributed by atoms with Crippen molar-refractivity contribution >= 4 is 5.97 Å².